The molecule has 2 unspecified atom stereocenters. The standard InChI is InChI=1S/C29H26F2N6O2S/c1-29(2,3)40(39)36-25(27(30)31)24-21-14-17(11-12-19(21)28(38)35-34-24)22-15-33-37(5)26(22)20-13-10-16-8-6-7-9-18(16)23(20)32-4/h6-15,25,27,36H,1-3,5H3,(H,35,38). The third-order valence-electron chi connectivity index (χ3n) is 6.67. The molecule has 0 radical (unpaired) electrons. The number of hydrogen-bond acceptors (Lipinski definition) is 4. The van der Waals surface area contributed by atoms with Gasteiger partial charge < -0.3 is 0 Å². The summed E-state index contributed by atoms with van der Waals surface area (Å²) in [7, 11) is -0.0594. The lowest BCUT2D eigenvalue weighted by Gasteiger charge is -2.24. The predicted molar refractivity (Wildman–Crippen MR) is 154 cm³/mol. The number of benzene rings is 3. The fraction of sp³-hybridized carbons (Fsp3) is 0.241. The fourth-order valence-electron chi connectivity index (χ4n) is 4.64. The predicted octanol–water partition coefficient (Wildman–Crippen LogP) is 6.05. The van der Waals surface area contributed by atoms with E-state index in [1.807, 2.05) is 36.4 Å². The van der Waals surface area contributed by atoms with Crippen molar-refractivity contribution in [2.45, 2.75) is 38.0 Å². The van der Waals surface area contributed by atoms with E-state index >= 15 is 0 Å². The fourth-order valence-corrected chi connectivity index (χ4v) is 5.44. The van der Waals surface area contributed by atoms with Crippen molar-refractivity contribution in [3.8, 4) is 22.4 Å². The summed E-state index contributed by atoms with van der Waals surface area (Å²) in [6.45, 7) is 12.9. The van der Waals surface area contributed by atoms with Gasteiger partial charge in [0.1, 0.15) is 6.04 Å². The van der Waals surface area contributed by atoms with Crippen LogP contribution in [0.4, 0.5) is 14.5 Å². The van der Waals surface area contributed by atoms with E-state index in [2.05, 4.69) is 24.9 Å². The minimum absolute atomic E-state index is 0.123. The van der Waals surface area contributed by atoms with Gasteiger partial charge in [-0.05, 0) is 49.2 Å². The highest BCUT2D eigenvalue weighted by Crippen LogP contribution is 2.42. The van der Waals surface area contributed by atoms with E-state index in [-0.39, 0.29) is 16.5 Å². The first kappa shape index (κ1) is 27.3. The zero-order valence-electron chi connectivity index (χ0n) is 22.2. The largest absolute Gasteiger partial charge is 0.272 e. The molecule has 0 aliphatic rings. The normalized spacial score (nSPS) is 13.6. The van der Waals surface area contributed by atoms with Crippen LogP contribution in [0.1, 0.15) is 32.5 Å². The number of nitrogens with zero attached hydrogens (tertiary/aromatic N) is 4. The maximum Gasteiger partial charge on any atom is 0.272 e. The van der Waals surface area contributed by atoms with Crippen molar-refractivity contribution in [2.75, 3.05) is 0 Å². The van der Waals surface area contributed by atoms with Gasteiger partial charge in [0.05, 0.1) is 45.3 Å². The minimum atomic E-state index is -2.95. The Kier molecular flexibility index (Phi) is 7.08. The monoisotopic (exact) mass is 560 g/mol. The summed E-state index contributed by atoms with van der Waals surface area (Å²) >= 11 is 0. The maximum absolute atomic E-state index is 14.3. The number of aromatic amines is 1. The van der Waals surface area contributed by atoms with E-state index in [4.69, 9.17) is 6.57 Å². The summed E-state index contributed by atoms with van der Waals surface area (Å²) in [5, 5.41) is 12.8. The molecule has 2 heterocycles. The van der Waals surface area contributed by atoms with Crippen LogP contribution in [0, 0.1) is 6.57 Å². The SMILES string of the molecule is [C-]#[N+]c1c(-c2c(-c3ccc4c(=O)[nH]nc(C(NS(=O)C(C)(C)C)C(F)F)c4c3)cnn2C)ccc2ccccc12. The molecule has 40 heavy (non-hydrogen) atoms. The van der Waals surface area contributed by atoms with Gasteiger partial charge in [-0.15, -0.1) is 0 Å². The van der Waals surface area contributed by atoms with Gasteiger partial charge >= 0.3 is 0 Å². The van der Waals surface area contributed by atoms with Gasteiger partial charge in [-0.25, -0.2) is 27.7 Å². The first-order valence-corrected chi connectivity index (χ1v) is 13.6. The van der Waals surface area contributed by atoms with Gasteiger partial charge in [-0.2, -0.15) is 10.2 Å². The number of halogens is 2. The zero-order chi connectivity index (χ0) is 28.8. The first-order valence-electron chi connectivity index (χ1n) is 12.4. The van der Waals surface area contributed by atoms with Crippen molar-refractivity contribution in [1.82, 2.24) is 24.7 Å². The van der Waals surface area contributed by atoms with Crippen molar-refractivity contribution in [3.05, 3.63) is 88.3 Å². The summed E-state index contributed by atoms with van der Waals surface area (Å²) in [5.74, 6) is 0. The Morgan fingerprint density at radius 1 is 1.05 bits per heavy atom. The van der Waals surface area contributed by atoms with Crippen LogP contribution in [0.2, 0.25) is 0 Å². The number of rotatable bonds is 6. The van der Waals surface area contributed by atoms with Crippen LogP contribution in [0.5, 0.6) is 0 Å². The van der Waals surface area contributed by atoms with E-state index in [9.17, 15) is 17.8 Å². The topological polar surface area (TPSA) is 97.0 Å². The quantitative estimate of drug-likeness (QED) is 0.247. The van der Waals surface area contributed by atoms with Crippen molar-refractivity contribution >= 4 is 38.2 Å². The second-order valence-corrected chi connectivity index (χ2v) is 12.3. The van der Waals surface area contributed by atoms with E-state index < -0.39 is 33.8 Å². The van der Waals surface area contributed by atoms with Crippen LogP contribution >= 0.6 is 0 Å². The van der Waals surface area contributed by atoms with E-state index in [0.717, 1.165) is 10.8 Å². The van der Waals surface area contributed by atoms with E-state index in [1.54, 1.807) is 56.9 Å². The molecule has 2 N–H and O–H groups in total. The molecule has 2 atom stereocenters. The lowest BCUT2D eigenvalue weighted by molar-refractivity contribution is 0.108. The molecule has 0 bridgehead atoms. The van der Waals surface area contributed by atoms with Gasteiger partial charge in [0, 0.05) is 23.6 Å². The van der Waals surface area contributed by atoms with Crippen LogP contribution in [-0.2, 0) is 18.0 Å². The lowest BCUT2D eigenvalue weighted by atomic mass is 9.95. The molecule has 0 fully saturated rings. The highest BCUT2D eigenvalue weighted by Gasteiger charge is 2.32. The van der Waals surface area contributed by atoms with Gasteiger partial charge in [-0.3, -0.25) is 9.48 Å². The van der Waals surface area contributed by atoms with Crippen LogP contribution in [-0.4, -0.2) is 35.4 Å². The van der Waals surface area contributed by atoms with Gasteiger partial charge in [0.15, 0.2) is 0 Å². The van der Waals surface area contributed by atoms with Crippen molar-refractivity contribution in [1.29, 1.82) is 0 Å². The molecule has 2 aromatic heterocycles. The van der Waals surface area contributed by atoms with Crippen molar-refractivity contribution in [2.24, 2.45) is 7.05 Å². The third-order valence-corrected chi connectivity index (χ3v) is 8.25. The Morgan fingerprint density at radius 3 is 2.50 bits per heavy atom. The van der Waals surface area contributed by atoms with Crippen LogP contribution in [0.3, 0.4) is 0 Å². The number of alkyl halides is 2. The van der Waals surface area contributed by atoms with Gasteiger partial charge in [0.2, 0.25) is 5.69 Å². The molecule has 5 aromatic rings. The third kappa shape index (κ3) is 4.80. The number of nitrogens with one attached hydrogen (secondary N) is 2. The lowest BCUT2D eigenvalue weighted by Crippen LogP contribution is -2.39. The molecular formula is C29H26F2N6O2S. The average Bonchev–Trinajstić information content (AvgIpc) is 3.31. The Hall–Kier alpha value is -4.27. The molecule has 11 heteroatoms. The Bertz CT molecular complexity index is 1880. The number of fused-ring (bicyclic) bond motifs is 2. The Labute approximate surface area is 231 Å². The smallest absolute Gasteiger partial charge is 0.269 e. The van der Waals surface area contributed by atoms with Crippen LogP contribution in [0.25, 0.3) is 48.8 Å². The molecule has 5 rings (SSSR count). The van der Waals surface area contributed by atoms with Crippen LogP contribution in [0.15, 0.2) is 65.6 Å². The molecular weight excluding hydrogens is 534 g/mol. The highest BCUT2D eigenvalue weighted by molar-refractivity contribution is 7.84. The number of H-pyrrole nitrogens is 1. The molecule has 0 saturated carbocycles. The highest BCUT2D eigenvalue weighted by atomic mass is 32.2. The Morgan fingerprint density at radius 2 is 1.80 bits per heavy atom. The summed E-state index contributed by atoms with van der Waals surface area (Å²) in [5.41, 5.74) is 2.38. The summed E-state index contributed by atoms with van der Waals surface area (Å²) in [4.78, 5) is 16.4. The number of hydrogen-bond donors (Lipinski definition) is 2. The minimum Gasteiger partial charge on any atom is -0.269 e. The maximum atomic E-state index is 14.3. The molecule has 0 amide bonds. The zero-order valence-corrected chi connectivity index (χ0v) is 23.0. The van der Waals surface area contributed by atoms with Crippen molar-refractivity contribution < 1.29 is 13.0 Å². The summed E-state index contributed by atoms with van der Waals surface area (Å²) < 4.78 is 44.7. The molecule has 204 valence electrons. The molecule has 0 aliphatic carbocycles. The average molecular weight is 561 g/mol. The number of aryl methyl sites for hydroxylation is 1. The molecule has 0 saturated heterocycles. The molecule has 0 spiro atoms. The second kappa shape index (κ2) is 10.4. The summed E-state index contributed by atoms with van der Waals surface area (Å²) in [6.07, 6.45) is -1.32. The molecule has 3 aromatic carbocycles. The van der Waals surface area contributed by atoms with E-state index in [1.165, 1.54) is 0 Å². The Balaban J connectivity index is 1.71. The van der Waals surface area contributed by atoms with Gasteiger partial charge in [0.25, 0.3) is 12.0 Å². The summed E-state index contributed by atoms with van der Waals surface area (Å²) in [6, 6.07) is 14.6. The first-order chi connectivity index (χ1) is 19.0. The van der Waals surface area contributed by atoms with E-state index in [0.29, 0.717) is 28.1 Å². The molecule has 8 nitrogen and oxygen atoms in total. The number of aromatic nitrogens is 4. The van der Waals surface area contributed by atoms with Crippen molar-refractivity contribution in [3.63, 3.8) is 0 Å². The van der Waals surface area contributed by atoms with Crippen LogP contribution < -0.4 is 10.3 Å². The molecule has 0 aliphatic heterocycles. The van der Waals surface area contributed by atoms with Gasteiger partial charge in [-0.1, -0.05) is 42.5 Å². The second-order valence-electron chi connectivity index (χ2n) is 10.3.